The van der Waals surface area contributed by atoms with Crippen molar-refractivity contribution in [2.45, 2.75) is 19.5 Å². The zero-order valence-corrected chi connectivity index (χ0v) is 11.6. The number of amides is 1. The highest BCUT2D eigenvalue weighted by Gasteiger charge is 2.32. The van der Waals surface area contributed by atoms with E-state index in [4.69, 9.17) is 5.73 Å². The molecule has 0 radical (unpaired) electrons. The number of nitrogens with zero attached hydrogens (tertiary/aromatic N) is 3. The molecule has 1 aliphatic rings. The van der Waals surface area contributed by atoms with Gasteiger partial charge >= 0.3 is 0 Å². The molecule has 0 bridgehead atoms. The van der Waals surface area contributed by atoms with Crippen molar-refractivity contribution in [2.24, 2.45) is 11.7 Å². The molecular formula is C14H22N4O. The highest BCUT2D eigenvalue weighted by atomic mass is 16.2. The molecule has 2 atom stereocenters. The number of nitrogens with two attached hydrogens (primary N) is 1. The molecule has 0 aromatic carbocycles. The predicted octanol–water partition coefficient (Wildman–Crippen LogP) is 0.319. The van der Waals surface area contributed by atoms with Crippen LogP contribution in [0.1, 0.15) is 12.5 Å². The lowest BCUT2D eigenvalue weighted by atomic mass is 10.1. The normalized spacial score (nSPS) is 25.4. The van der Waals surface area contributed by atoms with Crippen LogP contribution in [0.25, 0.3) is 0 Å². The van der Waals surface area contributed by atoms with Gasteiger partial charge in [-0.1, -0.05) is 13.0 Å². The molecule has 104 valence electrons. The van der Waals surface area contributed by atoms with E-state index in [0.717, 1.165) is 25.2 Å². The number of rotatable bonds is 3. The lowest BCUT2D eigenvalue weighted by molar-refractivity contribution is -0.134. The van der Waals surface area contributed by atoms with E-state index < -0.39 is 0 Å². The van der Waals surface area contributed by atoms with Gasteiger partial charge < -0.3 is 10.6 Å². The lowest BCUT2D eigenvalue weighted by Gasteiger charge is -2.29. The second kappa shape index (κ2) is 6.12. The van der Waals surface area contributed by atoms with E-state index in [9.17, 15) is 4.79 Å². The molecule has 2 N–H and O–H groups in total. The third-order valence-electron chi connectivity index (χ3n) is 3.57. The fourth-order valence-corrected chi connectivity index (χ4v) is 2.70. The van der Waals surface area contributed by atoms with Gasteiger partial charge in [0.2, 0.25) is 5.91 Å². The molecule has 5 nitrogen and oxygen atoms in total. The molecule has 5 heteroatoms. The van der Waals surface area contributed by atoms with E-state index in [1.807, 2.05) is 25.4 Å². The van der Waals surface area contributed by atoms with Gasteiger partial charge in [-0.05, 0) is 17.5 Å². The van der Waals surface area contributed by atoms with E-state index in [1.54, 1.807) is 11.1 Å². The van der Waals surface area contributed by atoms with Crippen molar-refractivity contribution < 1.29 is 4.79 Å². The molecule has 1 saturated heterocycles. The average Bonchev–Trinajstić information content (AvgIpc) is 2.48. The highest BCUT2D eigenvalue weighted by molar-refractivity contribution is 5.82. The van der Waals surface area contributed by atoms with Crippen LogP contribution in [-0.4, -0.2) is 53.4 Å². The molecule has 19 heavy (non-hydrogen) atoms. The Morgan fingerprint density at radius 1 is 1.47 bits per heavy atom. The van der Waals surface area contributed by atoms with Gasteiger partial charge in [0.15, 0.2) is 0 Å². The number of hydrogen-bond acceptors (Lipinski definition) is 4. The maximum Gasteiger partial charge on any atom is 0.241 e. The van der Waals surface area contributed by atoms with Crippen LogP contribution >= 0.6 is 0 Å². The second-order valence-electron chi connectivity index (χ2n) is 5.37. The maximum atomic E-state index is 12.3. The average molecular weight is 262 g/mol. The van der Waals surface area contributed by atoms with Crippen molar-refractivity contribution in [3.63, 3.8) is 0 Å². The van der Waals surface area contributed by atoms with Crippen molar-refractivity contribution in [1.29, 1.82) is 0 Å². The van der Waals surface area contributed by atoms with Crippen LogP contribution in [0.2, 0.25) is 0 Å². The van der Waals surface area contributed by atoms with Gasteiger partial charge in [-0.25, -0.2) is 0 Å². The van der Waals surface area contributed by atoms with Crippen LogP contribution in [0, 0.1) is 5.92 Å². The van der Waals surface area contributed by atoms with Crippen molar-refractivity contribution in [2.75, 3.05) is 26.7 Å². The minimum Gasteiger partial charge on any atom is -0.344 e. The number of carbonyl (C=O) groups is 1. The molecule has 0 spiro atoms. The van der Waals surface area contributed by atoms with E-state index >= 15 is 0 Å². The van der Waals surface area contributed by atoms with Crippen LogP contribution in [0.4, 0.5) is 0 Å². The Hall–Kier alpha value is -1.46. The van der Waals surface area contributed by atoms with E-state index in [2.05, 4.69) is 16.8 Å². The zero-order chi connectivity index (χ0) is 13.8. The van der Waals surface area contributed by atoms with Crippen LogP contribution in [0.3, 0.4) is 0 Å². The lowest BCUT2D eigenvalue weighted by Crippen LogP contribution is -2.48. The highest BCUT2D eigenvalue weighted by Crippen LogP contribution is 2.16. The SMILES string of the molecule is CC1CN(C)C(=O)C(CN)N(Cc2cccnc2)C1. The Kier molecular flexibility index (Phi) is 4.50. The summed E-state index contributed by atoms with van der Waals surface area (Å²) < 4.78 is 0. The first-order valence-electron chi connectivity index (χ1n) is 6.69. The molecule has 1 fully saturated rings. The number of hydrogen-bond donors (Lipinski definition) is 1. The third kappa shape index (κ3) is 3.30. The first-order chi connectivity index (χ1) is 9.11. The molecule has 2 rings (SSSR count). The first kappa shape index (κ1) is 14.0. The van der Waals surface area contributed by atoms with Gasteiger partial charge in [0, 0.05) is 45.6 Å². The Morgan fingerprint density at radius 3 is 2.89 bits per heavy atom. The number of likely N-dealkylation sites (N-methyl/N-ethyl adjacent to an activating group) is 1. The molecule has 1 aromatic rings. The fourth-order valence-electron chi connectivity index (χ4n) is 2.70. The Labute approximate surface area is 114 Å². The fraction of sp³-hybridized carbons (Fsp3) is 0.571. The molecule has 1 aromatic heterocycles. The van der Waals surface area contributed by atoms with Gasteiger partial charge in [0.1, 0.15) is 6.04 Å². The van der Waals surface area contributed by atoms with Gasteiger partial charge in [-0.15, -0.1) is 0 Å². The van der Waals surface area contributed by atoms with E-state index in [-0.39, 0.29) is 11.9 Å². The van der Waals surface area contributed by atoms with E-state index in [0.29, 0.717) is 12.5 Å². The van der Waals surface area contributed by atoms with E-state index in [1.165, 1.54) is 0 Å². The molecule has 2 unspecified atom stereocenters. The van der Waals surface area contributed by atoms with Crippen LogP contribution in [-0.2, 0) is 11.3 Å². The Balaban J connectivity index is 2.18. The monoisotopic (exact) mass is 262 g/mol. The van der Waals surface area contributed by atoms with Gasteiger partial charge in [-0.2, -0.15) is 0 Å². The topological polar surface area (TPSA) is 62.5 Å². The van der Waals surface area contributed by atoms with Crippen molar-refractivity contribution in [1.82, 2.24) is 14.8 Å². The summed E-state index contributed by atoms with van der Waals surface area (Å²) in [5, 5.41) is 0. The van der Waals surface area contributed by atoms with Crippen LogP contribution in [0.5, 0.6) is 0 Å². The first-order valence-corrected chi connectivity index (χ1v) is 6.69. The number of carbonyl (C=O) groups excluding carboxylic acids is 1. The van der Waals surface area contributed by atoms with Gasteiger partial charge in [-0.3, -0.25) is 14.7 Å². The molecular weight excluding hydrogens is 240 g/mol. The van der Waals surface area contributed by atoms with Gasteiger partial charge in [0.05, 0.1) is 0 Å². The van der Waals surface area contributed by atoms with Crippen LogP contribution in [0.15, 0.2) is 24.5 Å². The zero-order valence-electron chi connectivity index (χ0n) is 11.6. The second-order valence-corrected chi connectivity index (χ2v) is 5.37. The number of aromatic nitrogens is 1. The van der Waals surface area contributed by atoms with Gasteiger partial charge in [0.25, 0.3) is 0 Å². The van der Waals surface area contributed by atoms with Crippen molar-refractivity contribution >= 4 is 5.91 Å². The molecule has 0 aliphatic carbocycles. The Morgan fingerprint density at radius 2 is 2.26 bits per heavy atom. The summed E-state index contributed by atoms with van der Waals surface area (Å²) in [6, 6.07) is 3.72. The smallest absolute Gasteiger partial charge is 0.241 e. The largest absolute Gasteiger partial charge is 0.344 e. The molecule has 1 amide bonds. The molecule has 1 aliphatic heterocycles. The number of pyridine rings is 1. The van der Waals surface area contributed by atoms with Crippen LogP contribution < -0.4 is 5.73 Å². The standard InChI is InChI=1S/C14H22N4O/c1-11-8-17(2)14(19)13(6-15)18(9-11)10-12-4-3-5-16-7-12/h3-5,7,11,13H,6,8-10,15H2,1-2H3. The minimum absolute atomic E-state index is 0.121. The van der Waals surface area contributed by atoms with Crippen molar-refractivity contribution in [3.8, 4) is 0 Å². The quantitative estimate of drug-likeness (QED) is 0.852. The third-order valence-corrected chi connectivity index (χ3v) is 3.57. The summed E-state index contributed by atoms with van der Waals surface area (Å²) in [6.45, 7) is 4.92. The molecule has 0 saturated carbocycles. The summed E-state index contributed by atoms with van der Waals surface area (Å²) in [4.78, 5) is 20.4. The predicted molar refractivity (Wildman–Crippen MR) is 74.3 cm³/mol. The maximum absolute atomic E-state index is 12.3. The Bertz CT molecular complexity index is 423. The summed E-state index contributed by atoms with van der Waals surface area (Å²) in [6.07, 6.45) is 3.60. The minimum atomic E-state index is -0.227. The summed E-state index contributed by atoms with van der Waals surface area (Å²) in [5.41, 5.74) is 6.93. The molecule has 2 heterocycles. The van der Waals surface area contributed by atoms with Crippen molar-refractivity contribution in [3.05, 3.63) is 30.1 Å². The summed E-state index contributed by atoms with van der Waals surface area (Å²) in [5.74, 6) is 0.568. The summed E-state index contributed by atoms with van der Waals surface area (Å²) in [7, 11) is 1.86. The summed E-state index contributed by atoms with van der Waals surface area (Å²) >= 11 is 0.